The van der Waals surface area contributed by atoms with E-state index in [2.05, 4.69) is 5.10 Å². The highest BCUT2D eigenvalue weighted by Gasteiger charge is 2.37. The quantitative estimate of drug-likeness (QED) is 0.660. The topological polar surface area (TPSA) is 102 Å². The van der Waals surface area contributed by atoms with Crippen LogP contribution in [0, 0.1) is 10.1 Å². The maximum atomic E-state index is 11.4. The van der Waals surface area contributed by atoms with Crippen LogP contribution < -0.4 is 4.90 Å². The van der Waals surface area contributed by atoms with E-state index in [9.17, 15) is 20.0 Å². The Balaban J connectivity index is 2.52. The van der Waals surface area contributed by atoms with Gasteiger partial charge in [0.15, 0.2) is 0 Å². The smallest absolute Gasteiger partial charge is 0.334 e. The minimum atomic E-state index is -0.946. The lowest BCUT2D eigenvalue weighted by Gasteiger charge is -2.33. The number of nitro groups is 1. The fourth-order valence-electron chi connectivity index (χ4n) is 2.75. The van der Waals surface area contributed by atoms with E-state index < -0.39 is 16.9 Å². The first-order valence-electron chi connectivity index (χ1n) is 6.67. The third-order valence-electron chi connectivity index (χ3n) is 3.64. The van der Waals surface area contributed by atoms with E-state index in [4.69, 9.17) is 0 Å². The first kappa shape index (κ1) is 14.3. The predicted molar refractivity (Wildman–Crippen MR) is 71.9 cm³/mol. The van der Waals surface area contributed by atoms with E-state index in [1.807, 2.05) is 0 Å². The molecule has 1 aromatic heterocycles. The summed E-state index contributed by atoms with van der Waals surface area (Å²) >= 11 is 0. The first-order valence-corrected chi connectivity index (χ1v) is 6.67. The molecule has 0 spiro atoms. The highest BCUT2D eigenvalue weighted by Crippen LogP contribution is 2.35. The van der Waals surface area contributed by atoms with E-state index in [1.54, 1.807) is 18.9 Å². The number of aliphatic carboxylic acids is 1. The summed E-state index contributed by atoms with van der Waals surface area (Å²) in [6, 6.07) is -0.720. The van der Waals surface area contributed by atoms with Gasteiger partial charge in [0.1, 0.15) is 11.7 Å². The van der Waals surface area contributed by atoms with Crippen LogP contribution in [0.5, 0.6) is 0 Å². The Morgan fingerprint density at radius 2 is 2.25 bits per heavy atom. The van der Waals surface area contributed by atoms with Crippen molar-refractivity contribution in [3.63, 3.8) is 0 Å². The molecule has 1 saturated heterocycles. The van der Waals surface area contributed by atoms with Gasteiger partial charge in [0.25, 0.3) is 0 Å². The second-order valence-electron chi connectivity index (χ2n) is 4.90. The van der Waals surface area contributed by atoms with Crippen LogP contribution in [-0.4, -0.2) is 38.4 Å². The molecular weight excluding hydrogens is 264 g/mol. The Morgan fingerprint density at radius 3 is 2.80 bits per heavy atom. The monoisotopic (exact) mass is 282 g/mol. The lowest BCUT2D eigenvalue weighted by atomic mass is 10.0. The minimum absolute atomic E-state index is 0.0665. The van der Waals surface area contributed by atoms with E-state index in [0.717, 1.165) is 12.8 Å². The molecular formula is C12H18N4O4. The maximum absolute atomic E-state index is 11.4. The van der Waals surface area contributed by atoms with E-state index in [0.29, 0.717) is 30.9 Å². The van der Waals surface area contributed by atoms with Gasteiger partial charge in [0.2, 0.25) is 5.82 Å². The van der Waals surface area contributed by atoms with Crippen molar-refractivity contribution in [1.29, 1.82) is 0 Å². The minimum Gasteiger partial charge on any atom is -0.480 e. The highest BCUT2D eigenvalue weighted by atomic mass is 16.6. The van der Waals surface area contributed by atoms with Crippen LogP contribution in [0.2, 0.25) is 0 Å². The lowest BCUT2D eigenvalue weighted by Crippen LogP contribution is -2.45. The molecule has 8 nitrogen and oxygen atoms in total. The van der Waals surface area contributed by atoms with Gasteiger partial charge >= 0.3 is 11.7 Å². The van der Waals surface area contributed by atoms with Gasteiger partial charge in [0, 0.05) is 13.6 Å². The summed E-state index contributed by atoms with van der Waals surface area (Å²) in [5.41, 5.74) is 0.324. The molecule has 1 aliphatic rings. The molecule has 8 heteroatoms. The van der Waals surface area contributed by atoms with Gasteiger partial charge in [-0.2, -0.15) is 5.10 Å². The molecule has 1 N–H and O–H groups in total. The van der Waals surface area contributed by atoms with E-state index in [1.165, 1.54) is 4.68 Å². The third kappa shape index (κ3) is 2.33. The predicted octanol–water partition coefficient (Wildman–Crippen LogP) is 1.33. The molecule has 1 aliphatic heterocycles. The zero-order chi connectivity index (χ0) is 14.9. The van der Waals surface area contributed by atoms with Gasteiger partial charge in [0.05, 0.1) is 4.92 Å². The van der Waals surface area contributed by atoms with Crippen molar-refractivity contribution in [2.45, 2.75) is 38.6 Å². The van der Waals surface area contributed by atoms with Crippen LogP contribution in [0.1, 0.15) is 31.9 Å². The summed E-state index contributed by atoms with van der Waals surface area (Å²) in [5.74, 6) is -0.641. The number of carboxylic acids is 1. The van der Waals surface area contributed by atoms with Gasteiger partial charge in [-0.25, -0.2) is 9.48 Å². The summed E-state index contributed by atoms with van der Waals surface area (Å²) < 4.78 is 1.43. The second-order valence-corrected chi connectivity index (χ2v) is 4.90. The van der Waals surface area contributed by atoms with Crippen LogP contribution in [0.25, 0.3) is 0 Å². The van der Waals surface area contributed by atoms with Crippen molar-refractivity contribution in [2.75, 3.05) is 11.4 Å². The Hall–Kier alpha value is -2.12. The van der Waals surface area contributed by atoms with Gasteiger partial charge in [-0.1, -0.05) is 6.92 Å². The number of hydrogen-bond donors (Lipinski definition) is 1. The number of rotatable bonds is 4. The van der Waals surface area contributed by atoms with Crippen molar-refractivity contribution in [3.8, 4) is 0 Å². The summed E-state index contributed by atoms with van der Waals surface area (Å²) in [5, 5.41) is 24.8. The Labute approximate surface area is 116 Å². The number of anilines is 1. The number of carboxylic acid groups (broad SMARTS) is 1. The van der Waals surface area contributed by atoms with Gasteiger partial charge in [-0.15, -0.1) is 0 Å². The summed E-state index contributed by atoms with van der Waals surface area (Å²) in [6.45, 7) is 2.30. The molecule has 0 aromatic carbocycles. The van der Waals surface area contributed by atoms with Crippen LogP contribution >= 0.6 is 0 Å². The SMILES string of the molecule is CCc1nn(C)c(N2CCCCC2C(=O)O)c1[N+](=O)[O-]. The maximum Gasteiger partial charge on any atom is 0.334 e. The molecule has 0 radical (unpaired) electrons. The van der Waals surface area contributed by atoms with Crippen molar-refractivity contribution >= 4 is 17.5 Å². The van der Waals surface area contributed by atoms with Gasteiger partial charge in [-0.05, 0) is 25.7 Å². The Morgan fingerprint density at radius 1 is 1.55 bits per heavy atom. The zero-order valence-corrected chi connectivity index (χ0v) is 11.6. The van der Waals surface area contributed by atoms with Crippen molar-refractivity contribution < 1.29 is 14.8 Å². The van der Waals surface area contributed by atoms with Crippen molar-refractivity contribution in [3.05, 3.63) is 15.8 Å². The average Bonchev–Trinajstić information content (AvgIpc) is 2.75. The van der Waals surface area contributed by atoms with Crippen LogP contribution in [-0.2, 0) is 18.3 Å². The third-order valence-corrected chi connectivity index (χ3v) is 3.64. The van der Waals surface area contributed by atoms with E-state index >= 15 is 0 Å². The molecule has 110 valence electrons. The molecule has 1 atom stereocenters. The lowest BCUT2D eigenvalue weighted by molar-refractivity contribution is -0.384. The summed E-state index contributed by atoms with van der Waals surface area (Å²) in [7, 11) is 1.62. The van der Waals surface area contributed by atoms with Crippen LogP contribution in [0.3, 0.4) is 0 Å². The van der Waals surface area contributed by atoms with Crippen molar-refractivity contribution in [1.82, 2.24) is 9.78 Å². The fourth-order valence-corrected chi connectivity index (χ4v) is 2.75. The molecule has 2 heterocycles. The molecule has 0 amide bonds. The van der Waals surface area contributed by atoms with Gasteiger partial charge < -0.3 is 10.0 Å². The number of aromatic nitrogens is 2. The molecule has 0 aliphatic carbocycles. The van der Waals surface area contributed by atoms with Crippen LogP contribution in [0.15, 0.2) is 0 Å². The first-order chi connectivity index (χ1) is 9.47. The normalized spacial score (nSPS) is 19.1. The number of carbonyl (C=O) groups is 1. The molecule has 20 heavy (non-hydrogen) atoms. The number of hydrogen-bond acceptors (Lipinski definition) is 5. The van der Waals surface area contributed by atoms with Crippen LogP contribution in [0.4, 0.5) is 11.5 Å². The number of aryl methyl sites for hydroxylation is 2. The van der Waals surface area contributed by atoms with E-state index in [-0.39, 0.29) is 5.69 Å². The second kappa shape index (κ2) is 5.48. The Bertz CT molecular complexity index is 540. The zero-order valence-electron chi connectivity index (χ0n) is 11.6. The number of piperidine rings is 1. The molecule has 1 unspecified atom stereocenters. The average molecular weight is 282 g/mol. The molecule has 0 bridgehead atoms. The molecule has 1 aromatic rings. The summed E-state index contributed by atoms with van der Waals surface area (Å²) in [6.07, 6.45) is 2.59. The molecule has 1 fully saturated rings. The summed E-state index contributed by atoms with van der Waals surface area (Å²) in [4.78, 5) is 23.8. The molecule has 0 saturated carbocycles. The number of nitrogens with zero attached hydrogens (tertiary/aromatic N) is 4. The highest BCUT2D eigenvalue weighted by molar-refractivity contribution is 5.79. The van der Waals surface area contributed by atoms with Gasteiger partial charge in [-0.3, -0.25) is 10.1 Å². The van der Waals surface area contributed by atoms with Crippen molar-refractivity contribution in [2.24, 2.45) is 7.05 Å². The largest absolute Gasteiger partial charge is 0.480 e. The fraction of sp³-hybridized carbons (Fsp3) is 0.667. The standard InChI is InChI=1S/C12H18N4O4/c1-3-8-10(16(19)20)11(14(2)13-8)15-7-5-4-6-9(15)12(17)18/h9H,3-7H2,1-2H3,(H,17,18). The Kier molecular flexibility index (Phi) is 3.91. The molecule has 2 rings (SSSR count).